The average Bonchev–Trinajstić information content (AvgIpc) is 2.84. The number of hydrogen-bond acceptors (Lipinski definition) is 7. The molecule has 3 rings (SSSR count). The summed E-state index contributed by atoms with van der Waals surface area (Å²) in [5.41, 5.74) is 7.24. The highest BCUT2D eigenvalue weighted by Crippen LogP contribution is 2.38. The summed E-state index contributed by atoms with van der Waals surface area (Å²) in [6.07, 6.45) is 2.91. The minimum Gasteiger partial charge on any atom is -0.364 e. The number of rotatable bonds is 4. The molecule has 0 saturated heterocycles. The maximum atomic E-state index is 11.0. The molecule has 4 N–H and O–H groups in total. The zero-order valence-electron chi connectivity index (χ0n) is 11.2. The van der Waals surface area contributed by atoms with Crippen LogP contribution in [-0.4, -0.2) is 16.5 Å². The maximum absolute atomic E-state index is 11.0. The van der Waals surface area contributed by atoms with Gasteiger partial charge in [0.05, 0.1) is 4.92 Å². The number of nitrogens with one attached hydrogen (secondary N) is 2. The molecule has 2 unspecified atom stereocenters. The molecule has 0 radical (unpaired) electrons. The Labute approximate surface area is 131 Å². The molecule has 0 fully saturated rings. The lowest BCUT2D eigenvalue weighted by Crippen LogP contribution is -2.30. The number of para-hydroxylation sites is 1. The lowest BCUT2D eigenvalue weighted by molar-refractivity contribution is -0.387. The molecule has 8 heteroatoms. The summed E-state index contributed by atoms with van der Waals surface area (Å²) >= 11 is 3.01. The first kappa shape index (κ1) is 14.7. The number of nitro benzene ring substituents is 1. The molecule has 112 valence electrons. The van der Waals surface area contributed by atoms with Crippen LogP contribution in [-0.2, 0) is 0 Å². The van der Waals surface area contributed by atoms with E-state index in [1.165, 1.54) is 28.6 Å². The lowest BCUT2D eigenvalue weighted by atomic mass is 10.00. The van der Waals surface area contributed by atoms with Crippen molar-refractivity contribution >= 4 is 29.4 Å². The number of benzene rings is 1. The third-order valence-corrected chi connectivity index (χ3v) is 5.58. The van der Waals surface area contributed by atoms with Gasteiger partial charge in [-0.1, -0.05) is 23.9 Å². The average molecular weight is 324 g/mol. The Kier molecular flexibility index (Phi) is 4.39. The second-order valence-electron chi connectivity index (χ2n) is 4.97. The van der Waals surface area contributed by atoms with Crippen LogP contribution >= 0.6 is 23.7 Å². The van der Waals surface area contributed by atoms with E-state index >= 15 is 0 Å². The number of nitrogens with two attached hydrogens (primary N) is 1. The molecule has 1 aromatic carbocycles. The van der Waals surface area contributed by atoms with E-state index in [0.717, 1.165) is 19.3 Å². The summed E-state index contributed by atoms with van der Waals surface area (Å²) in [6, 6.07) is 7.11. The fourth-order valence-corrected chi connectivity index (χ4v) is 4.47. The van der Waals surface area contributed by atoms with Gasteiger partial charge < -0.3 is 11.1 Å². The first-order valence-corrected chi connectivity index (χ1v) is 8.39. The Morgan fingerprint density at radius 1 is 1.48 bits per heavy atom. The molecule has 2 atom stereocenters. The maximum Gasteiger partial charge on any atom is 0.284 e. The second kappa shape index (κ2) is 6.27. The predicted octanol–water partition coefficient (Wildman–Crippen LogP) is 2.53. The molecule has 1 heterocycles. The molecule has 0 aromatic heterocycles. The van der Waals surface area contributed by atoms with Gasteiger partial charge in [0.2, 0.25) is 0 Å². The molecule has 0 saturated carbocycles. The van der Waals surface area contributed by atoms with Crippen molar-refractivity contribution in [2.45, 2.75) is 35.7 Å². The standard InChI is InChI=1S/C13H16N4O2S2/c14-13-15-9-6-5-8(7-12(9)20-13)16-21-11-4-2-1-3-10(11)17(18)19/h1-4,8,13,15-16H,5-7,14H2. The molecule has 0 bridgehead atoms. The zero-order valence-corrected chi connectivity index (χ0v) is 12.9. The van der Waals surface area contributed by atoms with Gasteiger partial charge in [-0.25, -0.2) is 0 Å². The van der Waals surface area contributed by atoms with E-state index in [0.29, 0.717) is 10.9 Å². The summed E-state index contributed by atoms with van der Waals surface area (Å²) in [5, 5.41) is 14.3. The molecule has 0 amide bonds. The summed E-state index contributed by atoms with van der Waals surface area (Å²) in [6.45, 7) is 0. The van der Waals surface area contributed by atoms with Crippen molar-refractivity contribution < 1.29 is 4.92 Å². The number of thioether (sulfide) groups is 1. The summed E-state index contributed by atoms with van der Waals surface area (Å²) in [5.74, 6) is 0. The van der Waals surface area contributed by atoms with Crippen LogP contribution in [0.1, 0.15) is 19.3 Å². The molecule has 1 aliphatic carbocycles. The first-order chi connectivity index (χ1) is 10.1. The highest BCUT2D eigenvalue weighted by molar-refractivity contribution is 8.03. The van der Waals surface area contributed by atoms with Gasteiger partial charge in [0.25, 0.3) is 5.69 Å². The van der Waals surface area contributed by atoms with Crippen LogP contribution in [0.4, 0.5) is 5.69 Å². The Morgan fingerprint density at radius 3 is 3.10 bits per heavy atom. The molecular formula is C13H16N4O2S2. The van der Waals surface area contributed by atoms with E-state index in [2.05, 4.69) is 10.0 Å². The highest BCUT2D eigenvalue weighted by Gasteiger charge is 2.28. The van der Waals surface area contributed by atoms with Crippen molar-refractivity contribution in [3.63, 3.8) is 0 Å². The van der Waals surface area contributed by atoms with Gasteiger partial charge in [0, 0.05) is 22.7 Å². The Morgan fingerprint density at radius 2 is 2.29 bits per heavy atom. The molecule has 21 heavy (non-hydrogen) atoms. The van der Waals surface area contributed by atoms with Crippen LogP contribution in [0.2, 0.25) is 0 Å². The van der Waals surface area contributed by atoms with Crippen molar-refractivity contribution in [2.24, 2.45) is 5.73 Å². The number of allylic oxidation sites excluding steroid dienone is 1. The largest absolute Gasteiger partial charge is 0.364 e. The Bertz CT molecular complexity index is 593. The van der Waals surface area contributed by atoms with Gasteiger partial charge in [-0.05, 0) is 37.3 Å². The van der Waals surface area contributed by atoms with Gasteiger partial charge in [-0.3, -0.25) is 14.8 Å². The fourth-order valence-electron chi connectivity index (χ4n) is 2.48. The van der Waals surface area contributed by atoms with Crippen molar-refractivity contribution in [3.05, 3.63) is 45.0 Å². The van der Waals surface area contributed by atoms with Crippen LogP contribution < -0.4 is 15.8 Å². The van der Waals surface area contributed by atoms with Crippen LogP contribution in [0.15, 0.2) is 39.8 Å². The van der Waals surface area contributed by atoms with E-state index in [-0.39, 0.29) is 16.1 Å². The Hall–Kier alpha value is -1.22. The number of nitro groups is 1. The SMILES string of the molecule is NC1NC2=C(CC(NSc3ccccc3[N+](=O)[O-])CC2)S1. The first-order valence-electron chi connectivity index (χ1n) is 6.70. The number of nitrogens with zero attached hydrogens (tertiary/aromatic N) is 1. The fraction of sp³-hybridized carbons (Fsp3) is 0.385. The van der Waals surface area contributed by atoms with Gasteiger partial charge in [0.1, 0.15) is 10.4 Å². The van der Waals surface area contributed by atoms with Crippen molar-refractivity contribution in [1.29, 1.82) is 0 Å². The summed E-state index contributed by atoms with van der Waals surface area (Å²) in [4.78, 5) is 12.6. The minimum absolute atomic E-state index is 0.0309. The summed E-state index contributed by atoms with van der Waals surface area (Å²) in [7, 11) is 0. The van der Waals surface area contributed by atoms with E-state index in [9.17, 15) is 10.1 Å². The van der Waals surface area contributed by atoms with Crippen LogP contribution in [0.5, 0.6) is 0 Å². The minimum atomic E-state index is -0.346. The van der Waals surface area contributed by atoms with Gasteiger partial charge >= 0.3 is 0 Å². The van der Waals surface area contributed by atoms with Crippen molar-refractivity contribution in [2.75, 3.05) is 0 Å². The topological polar surface area (TPSA) is 93.2 Å². The highest BCUT2D eigenvalue weighted by atomic mass is 32.2. The monoisotopic (exact) mass is 324 g/mol. The van der Waals surface area contributed by atoms with Crippen LogP contribution in [0.25, 0.3) is 0 Å². The van der Waals surface area contributed by atoms with Crippen molar-refractivity contribution in [3.8, 4) is 0 Å². The number of hydrogen-bond donors (Lipinski definition) is 3. The van der Waals surface area contributed by atoms with Crippen LogP contribution in [0.3, 0.4) is 0 Å². The normalized spacial score (nSPS) is 24.6. The molecule has 2 aliphatic rings. The van der Waals surface area contributed by atoms with E-state index in [1.807, 2.05) is 6.07 Å². The second-order valence-corrected chi connectivity index (χ2v) is 7.09. The van der Waals surface area contributed by atoms with E-state index in [4.69, 9.17) is 5.73 Å². The third-order valence-electron chi connectivity index (χ3n) is 3.49. The van der Waals surface area contributed by atoms with E-state index < -0.39 is 0 Å². The third kappa shape index (κ3) is 3.34. The van der Waals surface area contributed by atoms with Crippen LogP contribution in [0, 0.1) is 10.1 Å². The van der Waals surface area contributed by atoms with Crippen molar-refractivity contribution in [1.82, 2.24) is 10.0 Å². The van der Waals surface area contributed by atoms with Gasteiger partial charge in [-0.2, -0.15) is 0 Å². The molecule has 6 nitrogen and oxygen atoms in total. The predicted molar refractivity (Wildman–Crippen MR) is 85.5 cm³/mol. The summed E-state index contributed by atoms with van der Waals surface area (Å²) < 4.78 is 3.36. The quantitative estimate of drug-likeness (QED) is 0.445. The Balaban J connectivity index is 1.61. The smallest absolute Gasteiger partial charge is 0.284 e. The lowest BCUT2D eigenvalue weighted by Gasteiger charge is -2.23. The molecule has 0 spiro atoms. The molecule has 1 aromatic rings. The van der Waals surface area contributed by atoms with E-state index in [1.54, 1.807) is 23.9 Å². The molecule has 1 aliphatic heterocycles. The van der Waals surface area contributed by atoms with Gasteiger partial charge in [0.15, 0.2) is 0 Å². The molecular weight excluding hydrogens is 308 g/mol. The zero-order chi connectivity index (χ0) is 14.8. The van der Waals surface area contributed by atoms with Gasteiger partial charge in [-0.15, -0.1) is 0 Å².